The van der Waals surface area contributed by atoms with Gasteiger partial charge in [0.2, 0.25) is 5.91 Å². The molecule has 150 valence electrons. The van der Waals surface area contributed by atoms with Gasteiger partial charge in [-0.15, -0.1) is 0 Å². The summed E-state index contributed by atoms with van der Waals surface area (Å²) < 4.78 is 0. The minimum Gasteiger partial charge on any atom is -0.383 e. The Bertz CT molecular complexity index is 827. The molecule has 4 rings (SSSR count). The lowest BCUT2D eigenvalue weighted by molar-refractivity contribution is -0.138. The molecule has 1 aromatic heterocycles. The quantitative estimate of drug-likeness (QED) is 0.868. The predicted octanol–water partition coefficient (Wildman–Crippen LogP) is 1.73. The molecule has 7 heteroatoms. The molecular formula is C21H30N6O. The molecule has 1 unspecified atom stereocenters. The van der Waals surface area contributed by atoms with Gasteiger partial charge in [0.05, 0.1) is 18.1 Å². The Balaban J connectivity index is 1.33. The first-order valence-corrected chi connectivity index (χ1v) is 10.4. The Morgan fingerprint density at radius 1 is 1.04 bits per heavy atom. The molecule has 0 aliphatic carbocycles. The number of piperidine rings is 1. The van der Waals surface area contributed by atoms with E-state index in [9.17, 15) is 4.79 Å². The first-order valence-electron chi connectivity index (χ1n) is 10.4. The smallest absolute Gasteiger partial charge is 0.239 e. The molecule has 1 aromatic carbocycles. The number of amides is 1. The molecule has 2 saturated heterocycles. The third kappa shape index (κ3) is 4.10. The number of carbonyl (C=O) groups excluding carboxylic acids is 1. The van der Waals surface area contributed by atoms with Crippen molar-refractivity contribution in [2.24, 2.45) is 0 Å². The molecule has 1 amide bonds. The van der Waals surface area contributed by atoms with Crippen molar-refractivity contribution >= 4 is 22.6 Å². The molecule has 0 radical (unpaired) electrons. The highest BCUT2D eigenvalue weighted by Gasteiger charge is 2.29. The third-order valence-electron chi connectivity index (χ3n) is 6.02. The number of carbonyl (C=O) groups is 1. The van der Waals surface area contributed by atoms with Gasteiger partial charge < -0.3 is 10.6 Å². The second-order valence-corrected chi connectivity index (χ2v) is 7.92. The minimum absolute atomic E-state index is 0.0344. The molecule has 2 aromatic rings. The van der Waals surface area contributed by atoms with Crippen molar-refractivity contribution in [3.05, 3.63) is 30.1 Å². The number of hydrogen-bond acceptors (Lipinski definition) is 6. The van der Waals surface area contributed by atoms with Crippen LogP contribution >= 0.6 is 0 Å². The molecular weight excluding hydrogens is 352 g/mol. The Kier molecular flexibility index (Phi) is 5.73. The van der Waals surface area contributed by atoms with E-state index in [0.717, 1.165) is 68.8 Å². The van der Waals surface area contributed by atoms with Gasteiger partial charge in [-0.25, -0.2) is 9.97 Å². The van der Waals surface area contributed by atoms with Gasteiger partial charge in [-0.2, -0.15) is 0 Å². The van der Waals surface area contributed by atoms with Crippen molar-refractivity contribution in [1.29, 1.82) is 0 Å². The molecule has 3 heterocycles. The van der Waals surface area contributed by atoms with Crippen LogP contribution < -0.4 is 5.73 Å². The monoisotopic (exact) mass is 382 g/mol. The number of nitrogens with two attached hydrogens (primary N) is 1. The van der Waals surface area contributed by atoms with Crippen molar-refractivity contribution in [3.8, 4) is 0 Å². The normalized spacial score (nSPS) is 20.4. The van der Waals surface area contributed by atoms with Crippen LogP contribution in [-0.4, -0.2) is 75.9 Å². The van der Waals surface area contributed by atoms with Gasteiger partial charge in [0, 0.05) is 44.7 Å². The number of benzene rings is 1. The van der Waals surface area contributed by atoms with Gasteiger partial charge in [0.1, 0.15) is 11.6 Å². The lowest BCUT2D eigenvalue weighted by atomic mass is 10.1. The van der Waals surface area contributed by atoms with Gasteiger partial charge in [-0.3, -0.25) is 14.6 Å². The molecule has 2 aliphatic heterocycles. The average Bonchev–Trinajstić information content (AvgIpc) is 2.74. The number of likely N-dealkylation sites (tertiary alicyclic amines) is 1. The van der Waals surface area contributed by atoms with Crippen LogP contribution in [0.2, 0.25) is 0 Å². The van der Waals surface area contributed by atoms with Crippen molar-refractivity contribution in [2.45, 2.75) is 38.8 Å². The number of aromatic nitrogens is 2. The molecule has 7 nitrogen and oxygen atoms in total. The molecule has 1 atom stereocenters. The first kappa shape index (κ1) is 19.1. The van der Waals surface area contributed by atoms with E-state index in [-0.39, 0.29) is 6.04 Å². The van der Waals surface area contributed by atoms with Crippen molar-refractivity contribution < 1.29 is 4.79 Å². The number of nitrogens with zero attached hydrogens (tertiary/aromatic N) is 5. The molecule has 28 heavy (non-hydrogen) atoms. The van der Waals surface area contributed by atoms with E-state index in [1.54, 1.807) is 0 Å². The maximum Gasteiger partial charge on any atom is 0.239 e. The van der Waals surface area contributed by atoms with Crippen molar-refractivity contribution in [1.82, 2.24) is 24.7 Å². The van der Waals surface area contributed by atoms with Gasteiger partial charge in [-0.1, -0.05) is 12.1 Å². The summed E-state index contributed by atoms with van der Waals surface area (Å²) >= 11 is 0. The molecule has 0 spiro atoms. The van der Waals surface area contributed by atoms with E-state index in [2.05, 4.69) is 26.7 Å². The minimum atomic E-state index is -0.0344. The van der Waals surface area contributed by atoms with E-state index < -0.39 is 0 Å². The lowest BCUT2D eigenvalue weighted by Crippen LogP contribution is -2.55. The summed E-state index contributed by atoms with van der Waals surface area (Å²) in [4.78, 5) is 28.6. The fourth-order valence-electron chi connectivity index (χ4n) is 4.27. The van der Waals surface area contributed by atoms with Crippen LogP contribution in [0.15, 0.2) is 24.3 Å². The van der Waals surface area contributed by atoms with Crippen LogP contribution in [-0.2, 0) is 11.3 Å². The summed E-state index contributed by atoms with van der Waals surface area (Å²) in [6.07, 6.45) is 3.53. The maximum atomic E-state index is 12.8. The number of anilines is 1. The van der Waals surface area contributed by atoms with Crippen LogP contribution in [0.3, 0.4) is 0 Å². The number of hydrogen-bond donors (Lipinski definition) is 1. The van der Waals surface area contributed by atoms with Crippen LogP contribution in [0.4, 0.5) is 5.82 Å². The number of nitrogen functional groups attached to an aromatic ring is 1. The second kappa shape index (κ2) is 8.41. The fraction of sp³-hybridized carbons (Fsp3) is 0.571. The van der Waals surface area contributed by atoms with Crippen LogP contribution in [0.5, 0.6) is 0 Å². The zero-order valence-electron chi connectivity index (χ0n) is 16.7. The first-order chi connectivity index (χ1) is 13.6. The van der Waals surface area contributed by atoms with Crippen LogP contribution in [0, 0.1) is 0 Å². The standard InChI is InChI=1S/C21H30N6O/c1-16(21(28)27-9-5-2-6-10-27)26-13-11-25(12-14-26)15-19-23-18-8-4-3-7-17(18)20(22)24-19/h3-4,7-8,16H,2,5-6,9-15H2,1H3,(H2,22,23,24). The average molecular weight is 383 g/mol. The number of piperazine rings is 1. The molecule has 2 N–H and O–H groups in total. The van der Waals surface area contributed by atoms with Gasteiger partial charge in [0.25, 0.3) is 0 Å². The maximum absolute atomic E-state index is 12.8. The summed E-state index contributed by atoms with van der Waals surface area (Å²) in [5.41, 5.74) is 7.00. The highest BCUT2D eigenvalue weighted by Crippen LogP contribution is 2.19. The number of para-hydroxylation sites is 1. The summed E-state index contributed by atoms with van der Waals surface area (Å²) in [6, 6.07) is 7.81. The molecule has 0 saturated carbocycles. The third-order valence-corrected chi connectivity index (χ3v) is 6.02. The van der Waals surface area contributed by atoms with E-state index in [0.29, 0.717) is 18.3 Å². The van der Waals surface area contributed by atoms with Crippen LogP contribution in [0.1, 0.15) is 32.0 Å². The predicted molar refractivity (Wildman–Crippen MR) is 111 cm³/mol. The van der Waals surface area contributed by atoms with Crippen molar-refractivity contribution in [3.63, 3.8) is 0 Å². The Morgan fingerprint density at radius 3 is 2.50 bits per heavy atom. The zero-order chi connectivity index (χ0) is 19.5. The summed E-state index contributed by atoms with van der Waals surface area (Å²) in [7, 11) is 0. The SMILES string of the molecule is CC(C(=O)N1CCCCC1)N1CCN(Cc2nc(N)c3ccccc3n2)CC1. The van der Waals surface area contributed by atoms with E-state index >= 15 is 0 Å². The number of fused-ring (bicyclic) bond motifs is 1. The highest BCUT2D eigenvalue weighted by atomic mass is 16.2. The van der Waals surface area contributed by atoms with Crippen LogP contribution in [0.25, 0.3) is 10.9 Å². The fourth-order valence-corrected chi connectivity index (χ4v) is 4.27. The Hall–Kier alpha value is -2.25. The second-order valence-electron chi connectivity index (χ2n) is 7.92. The summed E-state index contributed by atoms with van der Waals surface area (Å²) in [5, 5.41) is 0.904. The Labute approximate surface area is 166 Å². The largest absolute Gasteiger partial charge is 0.383 e. The van der Waals surface area contributed by atoms with Gasteiger partial charge in [-0.05, 0) is 38.3 Å². The number of rotatable bonds is 4. The highest BCUT2D eigenvalue weighted by molar-refractivity contribution is 5.87. The molecule has 2 aliphatic rings. The summed E-state index contributed by atoms with van der Waals surface area (Å²) in [6.45, 7) is 8.19. The van der Waals surface area contributed by atoms with E-state index in [4.69, 9.17) is 5.73 Å². The molecule has 0 bridgehead atoms. The lowest BCUT2D eigenvalue weighted by Gasteiger charge is -2.39. The van der Waals surface area contributed by atoms with E-state index in [1.165, 1.54) is 6.42 Å². The van der Waals surface area contributed by atoms with Gasteiger partial charge >= 0.3 is 0 Å². The molecule has 2 fully saturated rings. The van der Waals surface area contributed by atoms with Crippen molar-refractivity contribution in [2.75, 3.05) is 45.0 Å². The Morgan fingerprint density at radius 2 is 1.75 bits per heavy atom. The van der Waals surface area contributed by atoms with E-state index in [1.807, 2.05) is 29.2 Å². The zero-order valence-corrected chi connectivity index (χ0v) is 16.7. The topological polar surface area (TPSA) is 78.6 Å². The van der Waals surface area contributed by atoms with Gasteiger partial charge in [0.15, 0.2) is 0 Å². The summed E-state index contributed by atoms with van der Waals surface area (Å²) in [5.74, 6) is 1.60.